The van der Waals surface area contributed by atoms with Crippen molar-refractivity contribution in [3.05, 3.63) is 77.5 Å². The zero-order valence-corrected chi connectivity index (χ0v) is 17.0. The maximum Gasteiger partial charge on any atom is 0.274 e. The van der Waals surface area contributed by atoms with E-state index >= 15 is 0 Å². The molecular weight excluding hydrogens is 441 g/mol. The van der Waals surface area contributed by atoms with Crippen LogP contribution in [0.1, 0.15) is 28.6 Å². The van der Waals surface area contributed by atoms with Gasteiger partial charge in [0.05, 0.1) is 29.7 Å². The lowest BCUT2D eigenvalue weighted by molar-refractivity contribution is -0.167. The molecule has 0 bridgehead atoms. The van der Waals surface area contributed by atoms with E-state index in [0.717, 1.165) is 30.3 Å². The number of carbonyl (C=O) groups excluding carboxylic acids is 1. The number of amides is 1. The first-order chi connectivity index (χ1) is 15.8. The van der Waals surface area contributed by atoms with Gasteiger partial charge in [0.2, 0.25) is 0 Å². The molecule has 172 valence electrons. The van der Waals surface area contributed by atoms with E-state index in [9.17, 15) is 28.2 Å². The molecule has 0 unspecified atom stereocenters. The van der Waals surface area contributed by atoms with Crippen LogP contribution >= 0.6 is 0 Å². The van der Waals surface area contributed by atoms with E-state index in [2.05, 4.69) is 15.3 Å². The van der Waals surface area contributed by atoms with E-state index in [4.69, 9.17) is 10.5 Å². The Labute approximate surface area is 185 Å². The zero-order valence-electron chi connectivity index (χ0n) is 17.0. The monoisotopic (exact) mass is 460 g/mol. The number of nitrogens with one attached hydrogen (secondary N) is 1. The summed E-state index contributed by atoms with van der Waals surface area (Å²) in [6.07, 6.45) is -1.55. The number of hydrogen-bond acceptors (Lipinski definition) is 7. The number of nitrogens with zero attached hydrogens (tertiary/aromatic N) is 2. The third-order valence-corrected chi connectivity index (χ3v) is 5.24. The van der Waals surface area contributed by atoms with Crippen LogP contribution in [0.25, 0.3) is 11.3 Å². The maximum atomic E-state index is 14.3. The molecule has 4 rings (SSSR count). The van der Waals surface area contributed by atoms with Crippen LogP contribution in [0.15, 0.2) is 48.8 Å². The van der Waals surface area contributed by atoms with Crippen LogP contribution in [0, 0.1) is 17.5 Å². The molecule has 0 aliphatic carbocycles. The molecule has 3 heterocycles. The molecule has 0 saturated carbocycles. The molecule has 0 radical (unpaired) electrons. The molecule has 1 aliphatic rings. The Balaban J connectivity index is 1.63. The summed E-state index contributed by atoms with van der Waals surface area (Å²) in [4.78, 5) is 20.6. The second-order valence-corrected chi connectivity index (χ2v) is 7.42. The molecule has 3 aromatic rings. The second kappa shape index (κ2) is 9.24. The molecule has 33 heavy (non-hydrogen) atoms. The summed E-state index contributed by atoms with van der Waals surface area (Å²) in [7, 11) is 0. The van der Waals surface area contributed by atoms with Gasteiger partial charge in [-0.15, -0.1) is 0 Å². The molecule has 1 amide bonds. The van der Waals surface area contributed by atoms with Crippen molar-refractivity contribution < 1.29 is 32.9 Å². The van der Waals surface area contributed by atoms with Crippen molar-refractivity contribution in [1.29, 1.82) is 0 Å². The van der Waals surface area contributed by atoms with E-state index in [1.54, 1.807) is 0 Å². The Morgan fingerprint density at radius 1 is 1.09 bits per heavy atom. The maximum absolute atomic E-state index is 14.3. The zero-order chi connectivity index (χ0) is 23.7. The Bertz CT molecular complexity index is 1160. The number of anilines is 1. The smallest absolute Gasteiger partial charge is 0.274 e. The predicted octanol–water partition coefficient (Wildman–Crippen LogP) is 2.28. The molecule has 1 aliphatic heterocycles. The van der Waals surface area contributed by atoms with E-state index in [-0.39, 0.29) is 17.8 Å². The molecule has 4 atom stereocenters. The molecule has 8 nitrogen and oxygen atoms in total. The third kappa shape index (κ3) is 4.57. The molecule has 1 aromatic carbocycles. The summed E-state index contributed by atoms with van der Waals surface area (Å²) in [6, 6.07) is 6.52. The van der Waals surface area contributed by atoms with Gasteiger partial charge in [-0.2, -0.15) is 0 Å². The Kier molecular flexibility index (Phi) is 6.38. The number of halogens is 3. The number of benzene rings is 1. The largest absolute Gasteiger partial charge is 0.390 e. The van der Waals surface area contributed by atoms with E-state index in [1.165, 1.54) is 18.5 Å². The molecule has 1 fully saturated rings. The highest BCUT2D eigenvalue weighted by molar-refractivity contribution is 6.03. The molecule has 5 N–H and O–H groups in total. The minimum absolute atomic E-state index is 0.00720. The number of aromatic nitrogens is 2. The SMILES string of the molecule is N[C@H]1O[C@@H](c2ccncc2NC(=O)c2ccc(F)c(-c3c(F)cccc3F)n2)C[C@@H](O)[C@@H]1O. The summed E-state index contributed by atoms with van der Waals surface area (Å²) in [5, 5.41) is 22.4. The van der Waals surface area contributed by atoms with Gasteiger partial charge in [0.25, 0.3) is 5.91 Å². The second-order valence-electron chi connectivity index (χ2n) is 7.42. The van der Waals surface area contributed by atoms with Crippen molar-refractivity contribution in [2.75, 3.05) is 5.32 Å². The highest BCUT2D eigenvalue weighted by Crippen LogP contribution is 2.34. The molecule has 2 aromatic heterocycles. The minimum atomic E-state index is -1.26. The molecular formula is C22H19F3N4O4. The average Bonchev–Trinajstić information content (AvgIpc) is 2.78. The molecule has 0 spiro atoms. The van der Waals surface area contributed by atoms with Gasteiger partial charge in [-0.1, -0.05) is 6.07 Å². The van der Waals surface area contributed by atoms with Crippen LogP contribution in [-0.4, -0.2) is 44.5 Å². The summed E-state index contributed by atoms with van der Waals surface area (Å²) in [6.45, 7) is 0. The lowest BCUT2D eigenvalue weighted by atomic mass is 9.96. The van der Waals surface area contributed by atoms with Crippen molar-refractivity contribution in [3.8, 4) is 11.3 Å². The number of rotatable bonds is 4. The third-order valence-electron chi connectivity index (χ3n) is 5.24. The van der Waals surface area contributed by atoms with Gasteiger partial charge < -0.3 is 26.0 Å². The van der Waals surface area contributed by atoms with Crippen LogP contribution < -0.4 is 11.1 Å². The van der Waals surface area contributed by atoms with Crippen molar-refractivity contribution in [1.82, 2.24) is 9.97 Å². The number of nitrogens with two attached hydrogens (primary N) is 1. The quantitative estimate of drug-likeness (QED) is 0.470. The van der Waals surface area contributed by atoms with Crippen molar-refractivity contribution >= 4 is 11.6 Å². The van der Waals surface area contributed by atoms with Crippen LogP contribution in [0.5, 0.6) is 0 Å². The average molecular weight is 460 g/mol. The minimum Gasteiger partial charge on any atom is -0.390 e. The van der Waals surface area contributed by atoms with Gasteiger partial charge in [0.15, 0.2) is 0 Å². The summed E-state index contributed by atoms with van der Waals surface area (Å²) in [5.41, 5.74) is 4.67. The number of ether oxygens (including phenoxy) is 1. The van der Waals surface area contributed by atoms with Crippen molar-refractivity contribution in [3.63, 3.8) is 0 Å². The summed E-state index contributed by atoms with van der Waals surface area (Å²) < 4.78 is 48.1. The van der Waals surface area contributed by atoms with Gasteiger partial charge in [-0.25, -0.2) is 18.2 Å². The summed E-state index contributed by atoms with van der Waals surface area (Å²) in [5.74, 6) is -3.86. The number of carbonyl (C=O) groups is 1. The fourth-order valence-corrected chi connectivity index (χ4v) is 3.55. The fraction of sp³-hybridized carbons (Fsp3) is 0.227. The highest BCUT2D eigenvalue weighted by atomic mass is 19.1. The van der Waals surface area contributed by atoms with Gasteiger partial charge in [-0.3, -0.25) is 9.78 Å². The van der Waals surface area contributed by atoms with Gasteiger partial charge in [-0.05, 0) is 30.3 Å². The molecule has 1 saturated heterocycles. The first-order valence-electron chi connectivity index (χ1n) is 9.89. The van der Waals surface area contributed by atoms with Crippen molar-refractivity contribution in [2.24, 2.45) is 5.73 Å². The van der Waals surface area contributed by atoms with Gasteiger partial charge in [0, 0.05) is 18.2 Å². The highest BCUT2D eigenvalue weighted by Gasteiger charge is 2.36. The van der Waals surface area contributed by atoms with Gasteiger partial charge in [0.1, 0.15) is 41.2 Å². The van der Waals surface area contributed by atoms with E-state index < -0.39 is 59.2 Å². The Hall–Kier alpha value is -3.38. The predicted molar refractivity (Wildman–Crippen MR) is 110 cm³/mol. The number of pyridine rings is 2. The number of aliphatic hydroxyl groups is 2. The Morgan fingerprint density at radius 3 is 2.52 bits per heavy atom. The standard InChI is InChI=1S/C22H19F3N4O4/c23-11-2-1-3-12(24)18(11)19-13(25)4-5-14(28-19)22(32)29-15-9-27-7-6-10(15)17-8-16(30)20(31)21(26)33-17/h1-7,9,16-17,20-21,30-31H,8,26H2,(H,29,32)/t16-,17-,20+,21+/m1/s1. The molecule has 11 heteroatoms. The van der Waals surface area contributed by atoms with Crippen LogP contribution in [0.3, 0.4) is 0 Å². The first-order valence-corrected chi connectivity index (χ1v) is 9.89. The Morgan fingerprint density at radius 2 is 1.82 bits per heavy atom. The number of aliphatic hydroxyl groups excluding tert-OH is 2. The first kappa shape index (κ1) is 22.8. The lowest BCUT2D eigenvalue weighted by Crippen LogP contribution is -2.50. The van der Waals surface area contributed by atoms with Crippen molar-refractivity contribution in [2.45, 2.75) is 31.0 Å². The normalized spacial score (nSPS) is 22.7. The lowest BCUT2D eigenvalue weighted by Gasteiger charge is -2.35. The van der Waals surface area contributed by atoms with Crippen LogP contribution in [-0.2, 0) is 4.74 Å². The fourth-order valence-electron chi connectivity index (χ4n) is 3.55. The van der Waals surface area contributed by atoms with E-state index in [0.29, 0.717) is 5.56 Å². The van der Waals surface area contributed by atoms with Crippen LogP contribution in [0.2, 0.25) is 0 Å². The number of hydrogen-bond donors (Lipinski definition) is 4. The summed E-state index contributed by atoms with van der Waals surface area (Å²) >= 11 is 0. The van der Waals surface area contributed by atoms with Crippen LogP contribution in [0.4, 0.5) is 18.9 Å². The van der Waals surface area contributed by atoms with Gasteiger partial charge >= 0.3 is 0 Å². The topological polar surface area (TPSA) is 131 Å². The van der Waals surface area contributed by atoms with E-state index in [1.807, 2.05) is 0 Å².